The topological polar surface area (TPSA) is 26.7 Å². The third kappa shape index (κ3) is 3.09. The Kier molecular flexibility index (Phi) is 4.94. The van der Waals surface area contributed by atoms with E-state index in [9.17, 15) is 5.11 Å². The number of benzene rings is 1. The van der Waals surface area contributed by atoms with Gasteiger partial charge >= 0.3 is 0 Å². The molecule has 1 N–H and O–H groups in total. The van der Waals surface area contributed by atoms with Gasteiger partial charge in [0.2, 0.25) is 0 Å². The summed E-state index contributed by atoms with van der Waals surface area (Å²) in [6, 6.07) is 6.73. The molecule has 0 spiro atoms. The van der Waals surface area contributed by atoms with Crippen LogP contribution in [-0.2, 0) is 11.8 Å². The van der Waals surface area contributed by atoms with Crippen molar-refractivity contribution < 1.29 is 5.11 Å². The van der Waals surface area contributed by atoms with Crippen molar-refractivity contribution >= 4 is 0 Å². The van der Waals surface area contributed by atoms with E-state index >= 15 is 0 Å². The molecule has 0 radical (unpaired) electrons. The normalized spacial score (nSPS) is 32.7. The van der Waals surface area contributed by atoms with E-state index in [1.165, 1.54) is 30.4 Å². The summed E-state index contributed by atoms with van der Waals surface area (Å²) in [4.78, 5) is 4.86. The lowest BCUT2D eigenvalue weighted by Crippen LogP contribution is -2.53. The first-order valence-corrected chi connectivity index (χ1v) is 9.50. The SMILES string of the molecule is C[C@H]1C(N(C)CCN(C)C)CC[C@]2(C)c3cc(O)ccc3CC[C@@H]12. The van der Waals surface area contributed by atoms with Crippen LogP contribution in [0.4, 0.5) is 0 Å². The summed E-state index contributed by atoms with van der Waals surface area (Å²) in [6.07, 6.45) is 4.93. The zero-order valence-corrected chi connectivity index (χ0v) is 16.0. The molecule has 2 aliphatic carbocycles. The van der Waals surface area contributed by atoms with Crippen LogP contribution in [0.25, 0.3) is 0 Å². The van der Waals surface area contributed by atoms with Gasteiger partial charge in [-0.15, -0.1) is 0 Å². The van der Waals surface area contributed by atoms with Gasteiger partial charge in [0.05, 0.1) is 0 Å². The van der Waals surface area contributed by atoms with Crippen molar-refractivity contribution in [1.29, 1.82) is 0 Å². The zero-order chi connectivity index (χ0) is 17.5. The minimum atomic E-state index is 0.227. The molecule has 1 saturated carbocycles. The molecular formula is C21H34N2O. The van der Waals surface area contributed by atoms with Gasteiger partial charge in [0.25, 0.3) is 0 Å². The summed E-state index contributed by atoms with van der Waals surface area (Å²) < 4.78 is 0. The Balaban J connectivity index is 1.81. The highest BCUT2D eigenvalue weighted by Crippen LogP contribution is 2.53. The highest BCUT2D eigenvalue weighted by Gasteiger charge is 2.48. The first-order valence-electron chi connectivity index (χ1n) is 9.50. The Morgan fingerprint density at radius 2 is 1.92 bits per heavy atom. The Morgan fingerprint density at radius 1 is 1.17 bits per heavy atom. The van der Waals surface area contributed by atoms with Gasteiger partial charge in [0, 0.05) is 19.1 Å². The van der Waals surface area contributed by atoms with E-state index in [-0.39, 0.29) is 5.41 Å². The molecule has 3 heteroatoms. The van der Waals surface area contributed by atoms with E-state index in [1.807, 2.05) is 12.1 Å². The van der Waals surface area contributed by atoms with Crippen molar-refractivity contribution in [3.8, 4) is 5.75 Å². The van der Waals surface area contributed by atoms with Crippen LogP contribution in [0.2, 0.25) is 0 Å². The number of aryl methyl sites for hydroxylation is 1. The highest BCUT2D eigenvalue weighted by atomic mass is 16.3. The molecule has 1 aromatic rings. The minimum Gasteiger partial charge on any atom is -0.508 e. The minimum absolute atomic E-state index is 0.227. The lowest BCUT2D eigenvalue weighted by Gasteiger charge is -2.54. The molecule has 134 valence electrons. The molecule has 0 aliphatic heterocycles. The molecular weight excluding hydrogens is 296 g/mol. The van der Waals surface area contributed by atoms with E-state index in [4.69, 9.17) is 0 Å². The van der Waals surface area contributed by atoms with Crippen molar-refractivity contribution in [2.75, 3.05) is 34.2 Å². The number of hydrogen-bond donors (Lipinski definition) is 1. The maximum absolute atomic E-state index is 10.0. The Labute approximate surface area is 147 Å². The Morgan fingerprint density at radius 3 is 2.62 bits per heavy atom. The van der Waals surface area contributed by atoms with Gasteiger partial charge in [-0.3, -0.25) is 0 Å². The van der Waals surface area contributed by atoms with Gasteiger partial charge in [-0.05, 0) is 87.3 Å². The van der Waals surface area contributed by atoms with Crippen LogP contribution in [-0.4, -0.2) is 55.2 Å². The van der Waals surface area contributed by atoms with Crippen LogP contribution in [0.15, 0.2) is 18.2 Å². The number of aromatic hydroxyl groups is 1. The molecule has 0 aromatic heterocycles. The second-order valence-corrected chi connectivity index (χ2v) is 8.65. The maximum Gasteiger partial charge on any atom is 0.115 e. The lowest BCUT2D eigenvalue weighted by molar-refractivity contribution is 0.0295. The van der Waals surface area contributed by atoms with Crippen LogP contribution < -0.4 is 0 Å². The van der Waals surface area contributed by atoms with Crippen LogP contribution in [0.3, 0.4) is 0 Å². The quantitative estimate of drug-likeness (QED) is 0.915. The van der Waals surface area contributed by atoms with Crippen molar-refractivity contribution in [2.45, 2.75) is 51.0 Å². The largest absolute Gasteiger partial charge is 0.508 e. The van der Waals surface area contributed by atoms with E-state index < -0.39 is 0 Å². The van der Waals surface area contributed by atoms with Crippen LogP contribution >= 0.6 is 0 Å². The van der Waals surface area contributed by atoms with Gasteiger partial charge in [0.1, 0.15) is 5.75 Å². The van der Waals surface area contributed by atoms with E-state index in [0.29, 0.717) is 23.6 Å². The Hall–Kier alpha value is -1.06. The molecule has 3 rings (SSSR count). The van der Waals surface area contributed by atoms with Gasteiger partial charge in [-0.2, -0.15) is 0 Å². The first-order chi connectivity index (χ1) is 11.3. The predicted molar refractivity (Wildman–Crippen MR) is 101 cm³/mol. The van der Waals surface area contributed by atoms with Crippen LogP contribution in [0.1, 0.15) is 44.2 Å². The summed E-state index contributed by atoms with van der Waals surface area (Å²) in [5.74, 6) is 1.84. The zero-order valence-electron chi connectivity index (χ0n) is 16.0. The van der Waals surface area contributed by atoms with E-state index in [0.717, 1.165) is 19.5 Å². The van der Waals surface area contributed by atoms with Gasteiger partial charge in [-0.25, -0.2) is 0 Å². The second-order valence-electron chi connectivity index (χ2n) is 8.65. The third-order valence-corrected chi connectivity index (χ3v) is 6.92. The third-order valence-electron chi connectivity index (χ3n) is 6.92. The number of likely N-dealkylation sites (N-methyl/N-ethyl adjacent to an activating group) is 2. The van der Waals surface area contributed by atoms with Crippen LogP contribution in [0.5, 0.6) is 5.75 Å². The molecule has 0 heterocycles. The molecule has 0 bridgehead atoms. The molecule has 0 amide bonds. The fraction of sp³-hybridized carbons (Fsp3) is 0.714. The molecule has 1 unspecified atom stereocenters. The van der Waals surface area contributed by atoms with Crippen molar-refractivity contribution in [1.82, 2.24) is 9.80 Å². The number of nitrogens with zero attached hydrogens (tertiary/aromatic N) is 2. The van der Waals surface area contributed by atoms with Gasteiger partial charge in [-0.1, -0.05) is 19.9 Å². The van der Waals surface area contributed by atoms with E-state index in [2.05, 4.69) is 50.9 Å². The number of phenolic OH excluding ortho intramolecular Hbond substituents is 1. The monoisotopic (exact) mass is 330 g/mol. The van der Waals surface area contributed by atoms with Gasteiger partial charge < -0.3 is 14.9 Å². The summed E-state index contributed by atoms with van der Waals surface area (Å²) >= 11 is 0. The molecule has 0 saturated heterocycles. The number of hydrogen-bond acceptors (Lipinski definition) is 3. The summed E-state index contributed by atoms with van der Waals surface area (Å²) in [5, 5.41) is 10.0. The lowest BCUT2D eigenvalue weighted by atomic mass is 9.54. The average molecular weight is 331 g/mol. The van der Waals surface area contributed by atoms with Crippen molar-refractivity contribution in [3.63, 3.8) is 0 Å². The average Bonchev–Trinajstić information content (AvgIpc) is 2.53. The molecule has 1 aromatic carbocycles. The standard InChI is InChI=1S/C21H34N2O/c1-15-18-9-7-16-6-8-17(24)14-19(16)21(18,2)11-10-20(15)23(5)13-12-22(3)4/h6,8,14-15,18,20,24H,7,9-13H2,1-5H3/t15-,18+,20?,21+/m1/s1. The van der Waals surface area contributed by atoms with E-state index in [1.54, 1.807) is 0 Å². The van der Waals surface area contributed by atoms with Crippen LogP contribution in [0, 0.1) is 11.8 Å². The number of phenols is 1. The molecule has 3 nitrogen and oxygen atoms in total. The van der Waals surface area contributed by atoms with Crippen molar-refractivity contribution in [2.24, 2.45) is 11.8 Å². The summed E-state index contributed by atoms with van der Waals surface area (Å²) in [7, 11) is 6.61. The maximum atomic E-state index is 10.0. The number of rotatable bonds is 4. The molecule has 1 fully saturated rings. The molecule has 2 aliphatic rings. The smallest absolute Gasteiger partial charge is 0.115 e. The van der Waals surface area contributed by atoms with Gasteiger partial charge in [0.15, 0.2) is 0 Å². The molecule has 24 heavy (non-hydrogen) atoms. The predicted octanol–water partition coefficient (Wildman–Crippen LogP) is 3.50. The summed E-state index contributed by atoms with van der Waals surface area (Å²) in [6.45, 7) is 7.18. The second kappa shape index (κ2) is 6.68. The highest BCUT2D eigenvalue weighted by molar-refractivity contribution is 5.43. The molecule has 4 atom stereocenters. The fourth-order valence-corrected chi connectivity index (χ4v) is 5.43. The fourth-order valence-electron chi connectivity index (χ4n) is 5.43. The first kappa shape index (κ1) is 17.8. The Bertz CT molecular complexity index is 585. The number of fused-ring (bicyclic) bond motifs is 3. The summed E-state index contributed by atoms with van der Waals surface area (Å²) in [5.41, 5.74) is 3.10. The van der Waals surface area contributed by atoms with Crippen molar-refractivity contribution in [3.05, 3.63) is 29.3 Å².